The predicted molar refractivity (Wildman–Crippen MR) is 101 cm³/mol. The van der Waals surface area contributed by atoms with Crippen LogP contribution in [0.15, 0.2) is 60.9 Å². The summed E-state index contributed by atoms with van der Waals surface area (Å²) in [6.45, 7) is 0.919. The van der Waals surface area contributed by atoms with Gasteiger partial charge in [0.2, 0.25) is 0 Å². The second-order valence-electron chi connectivity index (χ2n) is 5.61. The molecule has 0 bridgehead atoms. The smallest absolute Gasteiger partial charge is 0.258 e. The number of benzene rings is 1. The van der Waals surface area contributed by atoms with Gasteiger partial charge in [-0.25, -0.2) is 0 Å². The van der Waals surface area contributed by atoms with E-state index in [0.29, 0.717) is 30.4 Å². The van der Waals surface area contributed by atoms with Crippen LogP contribution in [0.5, 0.6) is 11.5 Å². The SMILES string of the molecule is COc1cccc(OCC(=O)NCCNc2ccc(-n3cccc3)nn2)c1. The van der Waals surface area contributed by atoms with Crippen LogP contribution in [-0.4, -0.2) is 47.5 Å². The molecule has 140 valence electrons. The lowest BCUT2D eigenvalue weighted by Gasteiger charge is -2.09. The first-order valence-electron chi connectivity index (χ1n) is 8.49. The number of carbonyl (C=O) groups excluding carboxylic acids is 1. The maximum Gasteiger partial charge on any atom is 0.258 e. The number of anilines is 1. The van der Waals surface area contributed by atoms with Gasteiger partial charge in [-0.2, -0.15) is 0 Å². The highest BCUT2D eigenvalue weighted by atomic mass is 16.5. The zero-order chi connectivity index (χ0) is 18.9. The van der Waals surface area contributed by atoms with Gasteiger partial charge in [-0.15, -0.1) is 10.2 Å². The van der Waals surface area contributed by atoms with Gasteiger partial charge in [0.15, 0.2) is 12.4 Å². The summed E-state index contributed by atoms with van der Waals surface area (Å²) < 4.78 is 12.4. The Morgan fingerprint density at radius 3 is 2.59 bits per heavy atom. The van der Waals surface area contributed by atoms with E-state index in [2.05, 4.69) is 20.8 Å². The minimum Gasteiger partial charge on any atom is -0.497 e. The van der Waals surface area contributed by atoms with Gasteiger partial charge >= 0.3 is 0 Å². The minimum absolute atomic E-state index is 0.0570. The number of hydrogen-bond donors (Lipinski definition) is 2. The highest BCUT2D eigenvalue weighted by Gasteiger charge is 2.04. The summed E-state index contributed by atoms with van der Waals surface area (Å²) in [5.74, 6) is 2.46. The van der Waals surface area contributed by atoms with Crippen molar-refractivity contribution in [2.75, 3.05) is 32.1 Å². The molecular formula is C19H21N5O3. The Labute approximate surface area is 157 Å². The van der Waals surface area contributed by atoms with Crippen LogP contribution in [0.1, 0.15) is 0 Å². The summed E-state index contributed by atoms with van der Waals surface area (Å²) in [4.78, 5) is 11.8. The van der Waals surface area contributed by atoms with E-state index >= 15 is 0 Å². The number of hydrogen-bond acceptors (Lipinski definition) is 6. The number of nitrogens with zero attached hydrogens (tertiary/aromatic N) is 3. The van der Waals surface area contributed by atoms with Crippen molar-refractivity contribution in [3.05, 3.63) is 60.9 Å². The van der Waals surface area contributed by atoms with Crippen LogP contribution < -0.4 is 20.1 Å². The largest absolute Gasteiger partial charge is 0.497 e. The highest BCUT2D eigenvalue weighted by Crippen LogP contribution is 2.18. The molecule has 2 heterocycles. The van der Waals surface area contributed by atoms with Gasteiger partial charge in [0, 0.05) is 31.5 Å². The summed E-state index contributed by atoms with van der Waals surface area (Å²) in [5.41, 5.74) is 0. The maximum absolute atomic E-state index is 11.8. The van der Waals surface area contributed by atoms with Gasteiger partial charge in [-0.3, -0.25) is 4.79 Å². The van der Waals surface area contributed by atoms with Gasteiger partial charge in [-0.05, 0) is 36.4 Å². The summed E-state index contributed by atoms with van der Waals surface area (Å²) in [5, 5.41) is 14.1. The van der Waals surface area contributed by atoms with Crippen molar-refractivity contribution in [2.45, 2.75) is 0 Å². The number of ether oxygens (including phenoxy) is 2. The predicted octanol–water partition coefficient (Wildman–Crippen LogP) is 1.88. The molecule has 0 saturated carbocycles. The van der Waals surface area contributed by atoms with Crippen LogP contribution in [0.4, 0.5) is 5.82 Å². The monoisotopic (exact) mass is 367 g/mol. The van der Waals surface area contributed by atoms with Crippen molar-refractivity contribution in [1.82, 2.24) is 20.1 Å². The molecule has 0 aliphatic heterocycles. The molecule has 3 aromatic rings. The first kappa shape index (κ1) is 18.2. The fourth-order valence-corrected chi connectivity index (χ4v) is 2.33. The molecule has 0 aliphatic carbocycles. The fraction of sp³-hybridized carbons (Fsp3) is 0.211. The number of amides is 1. The Balaban J connectivity index is 1.35. The van der Waals surface area contributed by atoms with Gasteiger partial charge in [-0.1, -0.05) is 6.07 Å². The van der Waals surface area contributed by atoms with E-state index in [4.69, 9.17) is 9.47 Å². The van der Waals surface area contributed by atoms with Crippen molar-refractivity contribution in [3.8, 4) is 17.3 Å². The van der Waals surface area contributed by atoms with Crippen LogP contribution in [-0.2, 0) is 4.79 Å². The van der Waals surface area contributed by atoms with Crippen LogP contribution in [0.3, 0.4) is 0 Å². The van der Waals surface area contributed by atoms with Crippen molar-refractivity contribution in [1.29, 1.82) is 0 Å². The molecule has 0 atom stereocenters. The van der Waals surface area contributed by atoms with Crippen LogP contribution in [0.2, 0.25) is 0 Å². The zero-order valence-electron chi connectivity index (χ0n) is 15.0. The Morgan fingerprint density at radius 1 is 1.04 bits per heavy atom. The molecular weight excluding hydrogens is 346 g/mol. The summed E-state index contributed by atoms with van der Waals surface area (Å²) in [6, 6.07) is 14.7. The summed E-state index contributed by atoms with van der Waals surface area (Å²) in [6.07, 6.45) is 3.81. The van der Waals surface area contributed by atoms with Gasteiger partial charge in [0.1, 0.15) is 17.3 Å². The van der Waals surface area contributed by atoms with Gasteiger partial charge < -0.3 is 24.7 Å². The molecule has 8 heteroatoms. The molecule has 0 saturated heterocycles. The molecule has 27 heavy (non-hydrogen) atoms. The van der Waals surface area contributed by atoms with E-state index in [-0.39, 0.29) is 12.5 Å². The van der Waals surface area contributed by atoms with Crippen molar-refractivity contribution in [3.63, 3.8) is 0 Å². The van der Waals surface area contributed by atoms with Crippen molar-refractivity contribution in [2.24, 2.45) is 0 Å². The second-order valence-corrected chi connectivity index (χ2v) is 5.61. The van der Waals surface area contributed by atoms with Gasteiger partial charge in [0.05, 0.1) is 7.11 Å². The van der Waals surface area contributed by atoms with Crippen LogP contribution in [0, 0.1) is 0 Å². The Kier molecular flexibility index (Phi) is 6.24. The first-order valence-corrected chi connectivity index (χ1v) is 8.49. The standard InChI is InChI=1S/C19H21N5O3/c1-26-15-5-4-6-16(13-15)27-14-19(25)21-10-9-20-17-7-8-18(23-22-17)24-11-2-3-12-24/h2-8,11-13H,9-10,14H2,1H3,(H,20,22)(H,21,25). The van der Waals surface area contributed by atoms with E-state index in [1.54, 1.807) is 25.3 Å². The quantitative estimate of drug-likeness (QED) is 0.561. The normalized spacial score (nSPS) is 10.3. The first-order chi connectivity index (χ1) is 13.2. The average Bonchev–Trinajstić information content (AvgIpc) is 3.25. The number of aromatic nitrogens is 3. The molecule has 0 spiro atoms. The minimum atomic E-state index is -0.200. The van der Waals surface area contributed by atoms with Gasteiger partial charge in [0.25, 0.3) is 5.91 Å². The van der Waals surface area contributed by atoms with Crippen molar-refractivity contribution < 1.29 is 14.3 Å². The van der Waals surface area contributed by atoms with E-state index in [1.165, 1.54) is 0 Å². The molecule has 1 aromatic carbocycles. The molecule has 8 nitrogen and oxygen atoms in total. The van der Waals surface area contributed by atoms with Crippen LogP contribution >= 0.6 is 0 Å². The van der Waals surface area contributed by atoms with E-state index in [9.17, 15) is 4.79 Å². The lowest BCUT2D eigenvalue weighted by Crippen LogP contribution is -2.32. The Hall–Kier alpha value is -3.55. The van der Waals surface area contributed by atoms with Crippen LogP contribution in [0.25, 0.3) is 5.82 Å². The zero-order valence-corrected chi connectivity index (χ0v) is 15.0. The molecule has 2 aromatic heterocycles. The summed E-state index contributed by atoms with van der Waals surface area (Å²) in [7, 11) is 1.58. The molecule has 2 N–H and O–H groups in total. The Bertz CT molecular complexity index is 850. The van der Waals surface area contributed by atoms with Crippen molar-refractivity contribution >= 4 is 11.7 Å². The molecule has 0 aliphatic rings. The second kappa shape index (κ2) is 9.23. The van der Waals surface area contributed by atoms with E-state index in [0.717, 1.165) is 5.82 Å². The molecule has 0 radical (unpaired) electrons. The third-order valence-electron chi connectivity index (χ3n) is 3.68. The number of nitrogens with one attached hydrogen (secondary N) is 2. The fourth-order valence-electron chi connectivity index (χ4n) is 2.33. The van der Waals surface area contributed by atoms with E-state index in [1.807, 2.05) is 47.3 Å². The Morgan fingerprint density at radius 2 is 1.85 bits per heavy atom. The molecule has 0 unspecified atom stereocenters. The molecule has 3 rings (SSSR count). The highest BCUT2D eigenvalue weighted by molar-refractivity contribution is 5.77. The maximum atomic E-state index is 11.8. The van der Waals surface area contributed by atoms with E-state index < -0.39 is 0 Å². The number of rotatable bonds is 9. The molecule has 0 fully saturated rings. The average molecular weight is 367 g/mol. The summed E-state index contributed by atoms with van der Waals surface area (Å²) >= 11 is 0. The lowest BCUT2D eigenvalue weighted by atomic mass is 10.3. The number of methoxy groups -OCH3 is 1. The molecule has 1 amide bonds. The lowest BCUT2D eigenvalue weighted by molar-refractivity contribution is -0.123. The topological polar surface area (TPSA) is 90.3 Å². The number of carbonyl (C=O) groups is 1. The third kappa shape index (κ3) is 5.46. The third-order valence-corrected chi connectivity index (χ3v) is 3.68.